The van der Waals surface area contributed by atoms with Crippen molar-refractivity contribution in [2.75, 3.05) is 40.9 Å². The highest BCUT2D eigenvalue weighted by Gasteiger charge is 2.30. The first-order chi connectivity index (χ1) is 39.9. The van der Waals surface area contributed by atoms with Crippen molar-refractivity contribution in [3.05, 3.63) is 122 Å². The van der Waals surface area contributed by atoms with Crippen molar-refractivity contribution in [2.24, 2.45) is 0 Å². The van der Waals surface area contributed by atoms with Gasteiger partial charge in [-0.25, -0.2) is 4.57 Å². The van der Waals surface area contributed by atoms with Crippen molar-refractivity contribution in [1.82, 2.24) is 5.32 Å². The molecule has 0 heterocycles. The van der Waals surface area contributed by atoms with Crippen LogP contribution in [0, 0.1) is 0 Å². The normalized spacial score (nSPS) is 14.4. The number of nitrogens with one attached hydrogen (secondary N) is 1. The van der Waals surface area contributed by atoms with E-state index in [0.29, 0.717) is 23.9 Å². The van der Waals surface area contributed by atoms with Crippen molar-refractivity contribution in [3.63, 3.8) is 0 Å². The zero-order chi connectivity index (χ0) is 60.0. The highest BCUT2D eigenvalue weighted by atomic mass is 31.2. The summed E-state index contributed by atoms with van der Waals surface area (Å²) < 4.78 is 30.7. The first-order valence-electron chi connectivity index (χ1n) is 33.4. The number of hydrogen-bond acceptors (Lipinski definition) is 6. The van der Waals surface area contributed by atoms with Gasteiger partial charge in [0, 0.05) is 12.8 Å². The van der Waals surface area contributed by atoms with Crippen LogP contribution in [0.15, 0.2) is 122 Å². The number of quaternary nitrogens is 1. The molecule has 0 saturated carbocycles. The quantitative estimate of drug-likeness (QED) is 0.0205. The van der Waals surface area contributed by atoms with E-state index in [9.17, 15) is 19.0 Å². The van der Waals surface area contributed by atoms with Gasteiger partial charge >= 0.3 is 13.8 Å². The average molecular weight is 1160 g/mol. The number of amides is 1. The highest BCUT2D eigenvalue weighted by Crippen LogP contribution is 2.43. The molecule has 0 spiro atoms. The van der Waals surface area contributed by atoms with Crippen LogP contribution in [0.4, 0.5) is 0 Å². The lowest BCUT2D eigenvalue weighted by Crippen LogP contribution is -2.47. The number of allylic oxidation sites excluding steroid dienone is 19. The SMILES string of the molecule is CC/C=C\C/C=C\C/C=C\C/C=C\C/C=C\CCCCCCCCCCCC(=O)NC(COP(=O)(O)OCC[N+](C)(C)C)C(/C=C\CCCCCCCCCCCC)OC(=O)CCCCC/C=C\C/C=C\C/C=C\C/C=C\CCCCC. The molecule has 0 saturated heterocycles. The van der Waals surface area contributed by atoms with Crippen LogP contribution in [0.5, 0.6) is 0 Å². The van der Waals surface area contributed by atoms with Gasteiger partial charge in [-0.3, -0.25) is 18.6 Å². The molecule has 0 aliphatic carbocycles. The standard InChI is InChI=1S/C72H125N2O7P/c1-7-10-13-16-19-22-25-28-30-32-34-35-36-37-38-39-41-42-44-46-49-52-55-58-61-64-71(75)73-69(68-80-82(77,78)79-67-66-74(4,5)6)70(63-60-57-54-51-48-27-24-21-18-15-12-9-3)81-72(76)65-62-59-56-53-50-47-45-43-40-33-31-29-26-23-20-17-14-11-8-2/h10,13,19-20,22-23,28-31,34-35,37-38,40,43,47,50,60,63,69-70H,7-9,11-12,14-18,21,24-27,32-33,36,39,41-42,44-46,48-49,51-59,61-62,64-68H2,1-6H3,(H-,73,75,77,78)/p+1/b13-10-,22-19-,23-20-,30-28-,31-29-,35-34-,38-37-,43-40-,50-47-,63-60-. The summed E-state index contributed by atoms with van der Waals surface area (Å²) in [6.45, 7) is 6.84. The van der Waals surface area contributed by atoms with Crippen molar-refractivity contribution >= 4 is 19.7 Å². The molecule has 0 aromatic rings. The maximum atomic E-state index is 13.6. The summed E-state index contributed by atoms with van der Waals surface area (Å²) >= 11 is 0. The Hall–Kier alpha value is -3.59. The third-order valence-corrected chi connectivity index (χ3v) is 15.1. The van der Waals surface area contributed by atoms with Gasteiger partial charge in [-0.15, -0.1) is 0 Å². The first-order valence-corrected chi connectivity index (χ1v) is 34.9. The summed E-state index contributed by atoms with van der Waals surface area (Å²) in [4.78, 5) is 37.8. The summed E-state index contributed by atoms with van der Waals surface area (Å²) in [6.07, 6.45) is 84.8. The molecule has 0 aliphatic heterocycles. The predicted molar refractivity (Wildman–Crippen MR) is 355 cm³/mol. The Labute approximate surface area is 505 Å². The predicted octanol–water partition coefficient (Wildman–Crippen LogP) is 21.1. The maximum Gasteiger partial charge on any atom is 0.472 e. The van der Waals surface area contributed by atoms with Gasteiger partial charge in [-0.05, 0) is 122 Å². The topological polar surface area (TPSA) is 111 Å². The summed E-state index contributed by atoms with van der Waals surface area (Å²) in [5, 5.41) is 3.05. The minimum atomic E-state index is -4.47. The molecule has 470 valence electrons. The van der Waals surface area contributed by atoms with E-state index in [1.165, 1.54) is 109 Å². The first kappa shape index (κ1) is 78.4. The number of rotatable bonds is 59. The van der Waals surface area contributed by atoms with Crippen molar-refractivity contribution in [1.29, 1.82) is 0 Å². The van der Waals surface area contributed by atoms with Crippen LogP contribution in [-0.2, 0) is 27.9 Å². The molecule has 0 aromatic carbocycles. The Morgan fingerprint density at radius 1 is 0.439 bits per heavy atom. The molecule has 9 nitrogen and oxygen atoms in total. The molecule has 2 N–H and O–H groups in total. The number of nitrogens with zero attached hydrogens (tertiary/aromatic N) is 1. The molecule has 3 atom stereocenters. The lowest BCUT2D eigenvalue weighted by molar-refractivity contribution is -0.870. The number of carbonyl (C=O) groups is 2. The van der Waals surface area contributed by atoms with Crippen LogP contribution >= 0.6 is 7.82 Å². The van der Waals surface area contributed by atoms with Crippen LogP contribution in [0.2, 0.25) is 0 Å². The van der Waals surface area contributed by atoms with Gasteiger partial charge in [-0.2, -0.15) is 0 Å². The number of unbranched alkanes of at least 4 members (excludes halogenated alkanes) is 25. The van der Waals surface area contributed by atoms with Gasteiger partial charge < -0.3 is 19.4 Å². The number of ether oxygens (including phenoxy) is 1. The van der Waals surface area contributed by atoms with E-state index in [4.69, 9.17) is 13.8 Å². The summed E-state index contributed by atoms with van der Waals surface area (Å²) in [5.41, 5.74) is 0. The lowest BCUT2D eigenvalue weighted by atomic mass is 10.0. The molecule has 0 rings (SSSR count). The van der Waals surface area contributed by atoms with Crippen molar-refractivity contribution in [2.45, 2.75) is 283 Å². The fourth-order valence-electron chi connectivity index (χ4n) is 9.01. The molecule has 0 radical (unpaired) electrons. The number of phosphoric acid groups is 1. The van der Waals surface area contributed by atoms with E-state index in [1.54, 1.807) is 0 Å². The second-order valence-corrected chi connectivity index (χ2v) is 24.7. The van der Waals surface area contributed by atoms with E-state index < -0.39 is 20.0 Å². The highest BCUT2D eigenvalue weighted by molar-refractivity contribution is 7.47. The Morgan fingerprint density at radius 2 is 0.780 bits per heavy atom. The fourth-order valence-corrected chi connectivity index (χ4v) is 9.74. The summed E-state index contributed by atoms with van der Waals surface area (Å²) in [5.74, 6) is -0.553. The molecule has 3 unspecified atom stereocenters. The van der Waals surface area contributed by atoms with Gasteiger partial charge in [0.25, 0.3) is 0 Å². The number of likely N-dealkylation sites (N-methyl/N-ethyl adjacent to an activating group) is 1. The second kappa shape index (κ2) is 60.5. The molecule has 0 bridgehead atoms. The van der Waals surface area contributed by atoms with Crippen LogP contribution in [-0.4, -0.2) is 74.3 Å². The zero-order valence-electron chi connectivity index (χ0n) is 53.7. The summed E-state index contributed by atoms with van der Waals surface area (Å²) in [6, 6.07) is -0.874. The minimum absolute atomic E-state index is 0.0275. The van der Waals surface area contributed by atoms with Gasteiger partial charge in [0.15, 0.2) is 0 Å². The third-order valence-electron chi connectivity index (χ3n) is 14.1. The molecule has 0 aliphatic rings. The largest absolute Gasteiger partial charge is 0.472 e. The number of carbonyl (C=O) groups excluding carboxylic acids is 2. The zero-order valence-corrected chi connectivity index (χ0v) is 54.6. The van der Waals surface area contributed by atoms with Gasteiger partial charge in [0.05, 0.1) is 33.8 Å². The third kappa shape index (κ3) is 61.0. The number of phosphoric ester groups is 1. The van der Waals surface area contributed by atoms with E-state index >= 15 is 0 Å². The smallest absolute Gasteiger partial charge is 0.456 e. The lowest BCUT2D eigenvalue weighted by Gasteiger charge is -2.27. The molecule has 82 heavy (non-hydrogen) atoms. The Kier molecular flexibility index (Phi) is 57.9. The molecule has 0 fully saturated rings. The molecule has 1 amide bonds. The Bertz CT molecular complexity index is 1820. The summed E-state index contributed by atoms with van der Waals surface area (Å²) in [7, 11) is 1.46. The Morgan fingerprint density at radius 3 is 1.21 bits per heavy atom. The monoisotopic (exact) mass is 1160 g/mol. The van der Waals surface area contributed by atoms with E-state index in [1.807, 2.05) is 33.3 Å². The van der Waals surface area contributed by atoms with Crippen molar-refractivity contribution < 1.29 is 37.3 Å². The van der Waals surface area contributed by atoms with E-state index in [-0.39, 0.29) is 31.5 Å². The number of esters is 1. The van der Waals surface area contributed by atoms with Crippen molar-refractivity contribution in [3.8, 4) is 0 Å². The van der Waals surface area contributed by atoms with Crippen LogP contribution in [0.1, 0.15) is 271 Å². The van der Waals surface area contributed by atoms with E-state index in [0.717, 1.165) is 122 Å². The van der Waals surface area contributed by atoms with Crippen LogP contribution in [0.25, 0.3) is 0 Å². The Balaban J connectivity index is 5.22. The molecular weight excluding hydrogens is 1040 g/mol. The van der Waals surface area contributed by atoms with Gasteiger partial charge in [0.2, 0.25) is 5.91 Å². The number of hydrogen-bond donors (Lipinski definition) is 2. The van der Waals surface area contributed by atoms with Gasteiger partial charge in [0.1, 0.15) is 19.3 Å². The van der Waals surface area contributed by atoms with Crippen LogP contribution in [0.3, 0.4) is 0 Å². The minimum Gasteiger partial charge on any atom is -0.456 e. The maximum absolute atomic E-state index is 13.6. The fraction of sp³-hybridized carbons (Fsp3) is 0.694. The average Bonchev–Trinajstić information content (AvgIpc) is 3.44. The van der Waals surface area contributed by atoms with E-state index in [2.05, 4.69) is 135 Å². The van der Waals surface area contributed by atoms with Gasteiger partial charge in [-0.1, -0.05) is 258 Å². The molecule has 0 aromatic heterocycles. The van der Waals surface area contributed by atoms with Crippen LogP contribution < -0.4 is 5.32 Å². The molecule has 10 heteroatoms. The second-order valence-electron chi connectivity index (χ2n) is 23.3. The molecular formula is C72H126N2O7P+.